The van der Waals surface area contributed by atoms with Gasteiger partial charge in [0.15, 0.2) is 18.1 Å². The average Bonchev–Trinajstić information content (AvgIpc) is 3.42. The molecule has 0 saturated heterocycles. The average molecular weight is 485 g/mol. The Kier molecular flexibility index (Phi) is 8.66. The van der Waals surface area contributed by atoms with E-state index in [1.807, 2.05) is 0 Å². The summed E-state index contributed by atoms with van der Waals surface area (Å²) >= 11 is 0. The zero-order chi connectivity index (χ0) is 25.4. The number of hydrogen-bond donors (Lipinski definition) is 2. The number of anilines is 1. The molecule has 10 nitrogen and oxygen atoms in total. The van der Waals surface area contributed by atoms with E-state index in [1.54, 1.807) is 12.1 Å². The Labute approximate surface area is 202 Å². The van der Waals surface area contributed by atoms with Crippen molar-refractivity contribution in [3.05, 3.63) is 47.5 Å². The summed E-state index contributed by atoms with van der Waals surface area (Å²) in [5, 5.41) is 4.92. The van der Waals surface area contributed by atoms with Gasteiger partial charge >= 0.3 is 5.97 Å². The van der Waals surface area contributed by atoms with Crippen molar-refractivity contribution in [3.63, 3.8) is 0 Å². The lowest BCUT2D eigenvalue weighted by molar-refractivity contribution is -0.123. The van der Waals surface area contributed by atoms with Crippen molar-refractivity contribution in [2.24, 2.45) is 5.92 Å². The lowest BCUT2D eigenvalue weighted by atomic mass is 10.1. The van der Waals surface area contributed by atoms with Gasteiger partial charge in [-0.15, -0.1) is 0 Å². The molecule has 1 fully saturated rings. The molecule has 0 bridgehead atoms. The molecule has 1 saturated carbocycles. The summed E-state index contributed by atoms with van der Waals surface area (Å²) in [6, 6.07) is 8.99. The molecule has 1 aliphatic carbocycles. The summed E-state index contributed by atoms with van der Waals surface area (Å²) < 4.78 is 20.7. The molecule has 2 aromatic rings. The number of imide groups is 1. The molecule has 0 spiro atoms. The number of nitrogens with one attached hydrogen (secondary N) is 2. The zero-order valence-corrected chi connectivity index (χ0v) is 19.8. The van der Waals surface area contributed by atoms with Crippen LogP contribution >= 0.6 is 0 Å². The van der Waals surface area contributed by atoms with E-state index >= 15 is 0 Å². The molecule has 1 aliphatic rings. The molecule has 35 heavy (non-hydrogen) atoms. The van der Waals surface area contributed by atoms with Gasteiger partial charge in [0.1, 0.15) is 5.75 Å². The topological polar surface area (TPSA) is 129 Å². The number of rotatable bonds is 9. The molecule has 0 aliphatic heterocycles. The summed E-state index contributed by atoms with van der Waals surface area (Å²) in [7, 11) is 4.33. The highest BCUT2D eigenvalue weighted by molar-refractivity contribution is 6.06. The lowest BCUT2D eigenvalue weighted by Crippen LogP contribution is -2.34. The number of amides is 3. The second kappa shape index (κ2) is 11.9. The molecule has 0 aromatic heterocycles. The number of carbonyl (C=O) groups excluding carboxylic acids is 4. The molecular formula is C25H28N2O8. The Hall–Kier alpha value is -4.08. The first-order valence-electron chi connectivity index (χ1n) is 11.1. The van der Waals surface area contributed by atoms with E-state index in [0.717, 1.165) is 25.7 Å². The standard InChI is InChI=1S/C25H28N2O8/c1-32-17-10-8-16(9-11-17)24(30)27-22(28)14-35-25(31)18-12-20(33-2)21(34-3)13-19(18)26-23(29)15-6-4-5-7-15/h8-13,15H,4-7,14H2,1-3H3,(H,26,29)(H,27,28,30). The van der Waals surface area contributed by atoms with Crippen LogP contribution in [0.5, 0.6) is 17.2 Å². The maximum Gasteiger partial charge on any atom is 0.340 e. The van der Waals surface area contributed by atoms with Gasteiger partial charge in [-0.05, 0) is 37.1 Å². The van der Waals surface area contributed by atoms with Crippen LogP contribution < -0.4 is 24.8 Å². The molecule has 186 valence electrons. The highest BCUT2D eigenvalue weighted by atomic mass is 16.5. The molecule has 3 amide bonds. The van der Waals surface area contributed by atoms with E-state index in [1.165, 1.54) is 45.6 Å². The van der Waals surface area contributed by atoms with Gasteiger partial charge in [0.05, 0.1) is 32.6 Å². The van der Waals surface area contributed by atoms with Crippen LogP contribution in [-0.4, -0.2) is 51.6 Å². The van der Waals surface area contributed by atoms with Gasteiger partial charge < -0.3 is 24.3 Å². The first kappa shape index (κ1) is 25.5. The third-order valence-electron chi connectivity index (χ3n) is 5.67. The fourth-order valence-corrected chi connectivity index (χ4v) is 3.76. The molecule has 0 radical (unpaired) electrons. The van der Waals surface area contributed by atoms with Crippen LogP contribution in [0.25, 0.3) is 0 Å². The van der Waals surface area contributed by atoms with Crippen molar-refractivity contribution in [1.29, 1.82) is 0 Å². The third-order valence-corrected chi connectivity index (χ3v) is 5.67. The Morgan fingerprint density at radius 2 is 1.51 bits per heavy atom. The van der Waals surface area contributed by atoms with Crippen molar-refractivity contribution in [2.75, 3.05) is 33.3 Å². The molecule has 0 unspecified atom stereocenters. The number of hydrogen-bond acceptors (Lipinski definition) is 8. The summed E-state index contributed by atoms with van der Waals surface area (Å²) in [5.41, 5.74) is 0.407. The molecule has 0 heterocycles. The van der Waals surface area contributed by atoms with Crippen molar-refractivity contribution >= 4 is 29.4 Å². The minimum absolute atomic E-state index is 0.0109. The number of esters is 1. The van der Waals surface area contributed by atoms with E-state index in [9.17, 15) is 19.2 Å². The lowest BCUT2D eigenvalue weighted by Gasteiger charge is -2.17. The monoisotopic (exact) mass is 484 g/mol. The first-order valence-corrected chi connectivity index (χ1v) is 11.1. The Morgan fingerprint density at radius 3 is 2.11 bits per heavy atom. The predicted octanol–water partition coefficient (Wildman–Crippen LogP) is 2.95. The van der Waals surface area contributed by atoms with Gasteiger partial charge in [-0.25, -0.2) is 4.79 Å². The number of methoxy groups -OCH3 is 3. The summed E-state index contributed by atoms with van der Waals surface area (Å²) in [6.45, 7) is -0.703. The van der Waals surface area contributed by atoms with Gasteiger partial charge in [-0.3, -0.25) is 19.7 Å². The van der Waals surface area contributed by atoms with Crippen LogP contribution in [0.1, 0.15) is 46.4 Å². The van der Waals surface area contributed by atoms with E-state index in [0.29, 0.717) is 11.5 Å². The summed E-state index contributed by atoms with van der Waals surface area (Å²) in [5.74, 6) is -1.55. The summed E-state index contributed by atoms with van der Waals surface area (Å²) in [6.07, 6.45) is 3.51. The number of ether oxygens (including phenoxy) is 4. The molecule has 2 aromatic carbocycles. The molecule has 2 N–H and O–H groups in total. The quantitative estimate of drug-likeness (QED) is 0.520. The maximum atomic E-state index is 12.8. The minimum atomic E-state index is -0.875. The molecule has 10 heteroatoms. The fraction of sp³-hybridized carbons (Fsp3) is 0.360. The van der Waals surface area contributed by atoms with Crippen molar-refractivity contribution < 1.29 is 38.1 Å². The smallest absolute Gasteiger partial charge is 0.340 e. The Morgan fingerprint density at radius 1 is 0.886 bits per heavy atom. The van der Waals surface area contributed by atoms with Gasteiger partial charge in [0, 0.05) is 23.6 Å². The molecular weight excluding hydrogens is 456 g/mol. The van der Waals surface area contributed by atoms with Crippen LogP contribution in [-0.2, 0) is 14.3 Å². The predicted molar refractivity (Wildman–Crippen MR) is 126 cm³/mol. The highest BCUT2D eigenvalue weighted by Crippen LogP contribution is 2.35. The van der Waals surface area contributed by atoms with Crippen molar-refractivity contribution in [2.45, 2.75) is 25.7 Å². The summed E-state index contributed by atoms with van der Waals surface area (Å²) in [4.78, 5) is 49.9. The SMILES string of the molecule is COc1ccc(C(=O)NC(=O)COC(=O)c2cc(OC)c(OC)cc2NC(=O)C2CCCC2)cc1. The maximum absolute atomic E-state index is 12.8. The number of carbonyl (C=O) groups is 4. The van der Waals surface area contributed by atoms with Gasteiger partial charge in [0.2, 0.25) is 5.91 Å². The van der Waals surface area contributed by atoms with E-state index in [4.69, 9.17) is 18.9 Å². The van der Waals surface area contributed by atoms with Crippen LogP contribution in [0, 0.1) is 5.92 Å². The number of benzene rings is 2. The van der Waals surface area contributed by atoms with Crippen molar-refractivity contribution in [1.82, 2.24) is 5.32 Å². The fourth-order valence-electron chi connectivity index (χ4n) is 3.76. The largest absolute Gasteiger partial charge is 0.497 e. The van der Waals surface area contributed by atoms with Gasteiger partial charge in [-0.1, -0.05) is 12.8 Å². The van der Waals surface area contributed by atoms with E-state index < -0.39 is 24.4 Å². The normalized spacial score (nSPS) is 13.0. The zero-order valence-electron chi connectivity index (χ0n) is 19.8. The van der Waals surface area contributed by atoms with Gasteiger partial charge in [-0.2, -0.15) is 0 Å². The Balaban J connectivity index is 1.68. The van der Waals surface area contributed by atoms with Crippen molar-refractivity contribution in [3.8, 4) is 17.2 Å². The van der Waals surface area contributed by atoms with E-state index in [-0.39, 0.29) is 34.4 Å². The van der Waals surface area contributed by atoms with Crippen LogP contribution in [0.3, 0.4) is 0 Å². The highest BCUT2D eigenvalue weighted by Gasteiger charge is 2.26. The second-order valence-corrected chi connectivity index (χ2v) is 7.91. The first-order chi connectivity index (χ1) is 16.9. The minimum Gasteiger partial charge on any atom is -0.497 e. The third kappa shape index (κ3) is 6.50. The van der Waals surface area contributed by atoms with E-state index in [2.05, 4.69) is 10.6 Å². The molecule has 0 atom stereocenters. The molecule has 3 rings (SSSR count). The van der Waals surface area contributed by atoms with Crippen LogP contribution in [0.2, 0.25) is 0 Å². The Bertz CT molecular complexity index is 1090. The second-order valence-electron chi connectivity index (χ2n) is 7.91. The van der Waals surface area contributed by atoms with Gasteiger partial charge in [0.25, 0.3) is 11.8 Å². The van der Waals surface area contributed by atoms with Crippen LogP contribution in [0.4, 0.5) is 5.69 Å². The van der Waals surface area contributed by atoms with Crippen LogP contribution in [0.15, 0.2) is 36.4 Å².